The van der Waals surface area contributed by atoms with Gasteiger partial charge >= 0.3 is 0 Å². The number of aryl methyl sites for hydroxylation is 1. The maximum Gasteiger partial charge on any atom is 0.124 e. The SMILES string of the molecule is Cc1ccccc1Cn1c(CC#N)nc2cc(Cl)ccc21. The summed E-state index contributed by atoms with van der Waals surface area (Å²) >= 11 is 6.03. The molecule has 104 valence electrons. The molecule has 0 saturated carbocycles. The van der Waals surface area contributed by atoms with Gasteiger partial charge in [0, 0.05) is 11.6 Å². The van der Waals surface area contributed by atoms with Gasteiger partial charge in [-0.3, -0.25) is 0 Å². The van der Waals surface area contributed by atoms with Crippen molar-refractivity contribution in [1.29, 1.82) is 5.26 Å². The summed E-state index contributed by atoms with van der Waals surface area (Å²) in [6.45, 7) is 2.80. The average Bonchev–Trinajstić information content (AvgIpc) is 2.79. The van der Waals surface area contributed by atoms with E-state index in [1.165, 1.54) is 11.1 Å². The quantitative estimate of drug-likeness (QED) is 0.729. The minimum Gasteiger partial charge on any atom is -0.323 e. The number of halogens is 1. The number of fused-ring (bicyclic) bond motifs is 1. The van der Waals surface area contributed by atoms with E-state index >= 15 is 0 Å². The Balaban J connectivity index is 2.14. The van der Waals surface area contributed by atoms with Crippen LogP contribution in [0.25, 0.3) is 11.0 Å². The van der Waals surface area contributed by atoms with E-state index < -0.39 is 0 Å². The predicted octanol–water partition coefficient (Wildman–Crippen LogP) is 4.11. The van der Waals surface area contributed by atoms with E-state index in [1.807, 2.05) is 30.3 Å². The van der Waals surface area contributed by atoms with E-state index in [4.69, 9.17) is 16.9 Å². The summed E-state index contributed by atoms with van der Waals surface area (Å²) in [4.78, 5) is 4.55. The Bertz CT molecular complexity index is 843. The first-order chi connectivity index (χ1) is 10.2. The van der Waals surface area contributed by atoms with Crippen LogP contribution in [0.15, 0.2) is 42.5 Å². The van der Waals surface area contributed by atoms with Gasteiger partial charge in [-0.1, -0.05) is 35.9 Å². The molecule has 0 amide bonds. The van der Waals surface area contributed by atoms with Gasteiger partial charge in [0.15, 0.2) is 0 Å². The highest BCUT2D eigenvalue weighted by atomic mass is 35.5. The molecule has 3 rings (SSSR count). The molecule has 0 radical (unpaired) electrons. The highest BCUT2D eigenvalue weighted by Crippen LogP contribution is 2.22. The maximum atomic E-state index is 9.02. The van der Waals surface area contributed by atoms with Gasteiger partial charge in [-0.15, -0.1) is 0 Å². The van der Waals surface area contributed by atoms with Crippen molar-refractivity contribution in [2.75, 3.05) is 0 Å². The molecule has 0 aliphatic heterocycles. The molecule has 0 aliphatic carbocycles. The molecule has 0 spiro atoms. The normalized spacial score (nSPS) is 10.7. The Kier molecular flexibility index (Phi) is 3.64. The van der Waals surface area contributed by atoms with E-state index in [2.05, 4.69) is 34.7 Å². The molecule has 0 aliphatic rings. The summed E-state index contributed by atoms with van der Waals surface area (Å²) in [5.74, 6) is 0.776. The van der Waals surface area contributed by atoms with Crippen molar-refractivity contribution in [2.24, 2.45) is 0 Å². The molecule has 3 aromatic rings. The van der Waals surface area contributed by atoms with Crippen LogP contribution in [0, 0.1) is 18.3 Å². The van der Waals surface area contributed by atoms with Crippen molar-refractivity contribution in [1.82, 2.24) is 9.55 Å². The van der Waals surface area contributed by atoms with Crippen LogP contribution in [0.3, 0.4) is 0 Å². The van der Waals surface area contributed by atoms with Crippen molar-refractivity contribution < 1.29 is 0 Å². The number of hydrogen-bond acceptors (Lipinski definition) is 2. The summed E-state index contributed by atoms with van der Waals surface area (Å²) in [6.07, 6.45) is 0.290. The Morgan fingerprint density at radius 2 is 2.05 bits per heavy atom. The fraction of sp³-hybridized carbons (Fsp3) is 0.176. The van der Waals surface area contributed by atoms with Crippen LogP contribution < -0.4 is 0 Å². The molecule has 0 atom stereocenters. The summed E-state index contributed by atoms with van der Waals surface area (Å²) < 4.78 is 2.09. The molecule has 0 saturated heterocycles. The lowest BCUT2D eigenvalue weighted by Crippen LogP contribution is -2.06. The van der Waals surface area contributed by atoms with Gasteiger partial charge in [-0.2, -0.15) is 5.26 Å². The van der Waals surface area contributed by atoms with Crippen molar-refractivity contribution in [2.45, 2.75) is 19.9 Å². The lowest BCUT2D eigenvalue weighted by atomic mass is 10.1. The minimum atomic E-state index is 0.290. The molecule has 21 heavy (non-hydrogen) atoms. The number of rotatable bonds is 3. The Morgan fingerprint density at radius 1 is 1.24 bits per heavy atom. The summed E-state index contributed by atoms with van der Waals surface area (Å²) in [6, 6.07) is 16.1. The van der Waals surface area contributed by atoms with E-state index in [-0.39, 0.29) is 6.42 Å². The molecule has 0 bridgehead atoms. The van der Waals surface area contributed by atoms with Crippen molar-refractivity contribution in [3.05, 3.63) is 64.4 Å². The van der Waals surface area contributed by atoms with Crippen LogP contribution in [-0.4, -0.2) is 9.55 Å². The predicted molar refractivity (Wildman–Crippen MR) is 84.3 cm³/mol. The summed E-state index contributed by atoms with van der Waals surface area (Å²) in [5, 5.41) is 9.67. The molecule has 2 aromatic carbocycles. The first kappa shape index (κ1) is 13.7. The van der Waals surface area contributed by atoms with Crippen LogP contribution >= 0.6 is 11.6 Å². The molecule has 3 nitrogen and oxygen atoms in total. The Hall–Kier alpha value is -2.31. The molecule has 1 aromatic heterocycles. The second-order valence-corrected chi connectivity index (χ2v) is 5.45. The molecular weight excluding hydrogens is 282 g/mol. The number of nitrogens with zero attached hydrogens (tertiary/aromatic N) is 3. The average molecular weight is 296 g/mol. The van der Waals surface area contributed by atoms with Crippen molar-refractivity contribution >= 4 is 22.6 Å². The maximum absolute atomic E-state index is 9.02. The van der Waals surface area contributed by atoms with Gasteiger partial charge in [0.05, 0.1) is 23.5 Å². The van der Waals surface area contributed by atoms with E-state index in [0.29, 0.717) is 11.6 Å². The largest absolute Gasteiger partial charge is 0.323 e. The van der Waals surface area contributed by atoms with E-state index in [9.17, 15) is 0 Å². The third kappa shape index (κ3) is 2.63. The molecule has 4 heteroatoms. The molecule has 0 fully saturated rings. The minimum absolute atomic E-state index is 0.290. The topological polar surface area (TPSA) is 41.6 Å². The lowest BCUT2D eigenvalue weighted by molar-refractivity contribution is 0.765. The zero-order valence-electron chi connectivity index (χ0n) is 11.7. The third-order valence-corrected chi connectivity index (χ3v) is 3.85. The zero-order chi connectivity index (χ0) is 14.8. The second kappa shape index (κ2) is 5.59. The first-order valence-electron chi connectivity index (χ1n) is 6.75. The number of aromatic nitrogens is 2. The van der Waals surface area contributed by atoms with Crippen LogP contribution in [0.2, 0.25) is 5.02 Å². The van der Waals surface area contributed by atoms with E-state index in [1.54, 1.807) is 0 Å². The van der Waals surface area contributed by atoms with Crippen molar-refractivity contribution in [3.8, 4) is 6.07 Å². The first-order valence-corrected chi connectivity index (χ1v) is 7.13. The van der Waals surface area contributed by atoms with Crippen LogP contribution in [0.4, 0.5) is 0 Å². The molecule has 0 N–H and O–H groups in total. The van der Waals surface area contributed by atoms with Gasteiger partial charge in [-0.25, -0.2) is 4.98 Å². The summed E-state index contributed by atoms with van der Waals surface area (Å²) in [5.41, 5.74) is 4.30. The zero-order valence-corrected chi connectivity index (χ0v) is 12.4. The Labute approximate surface area is 128 Å². The Morgan fingerprint density at radius 3 is 2.81 bits per heavy atom. The van der Waals surface area contributed by atoms with Gasteiger partial charge in [0.1, 0.15) is 5.82 Å². The van der Waals surface area contributed by atoms with E-state index in [0.717, 1.165) is 16.9 Å². The van der Waals surface area contributed by atoms with Gasteiger partial charge in [-0.05, 0) is 36.2 Å². The standard InChI is InChI=1S/C17H14ClN3/c1-12-4-2-3-5-13(12)11-21-16-7-6-14(18)10-15(16)20-17(21)8-9-19/h2-7,10H,8,11H2,1H3. The second-order valence-electron chi connectivity index (χ2n) is 5.01. The molecule has 0 unspecified atom stereocenters. The lowest BCUT2D eigenvalue weighted by Gasteiger charge is -2.10. The van der Waals surface area contributed by atoms with Crippen molar-refractivity contribution in [3.63, 3.8) is 0 Å². The highest BCUT2D eigenvalue weighted by Gasteiger charge is 2.12. The molecule has 1 heterocycles. The van der Waals surface area contributed by atoms with Crippen LogP contribution in [0.5, 0.6) is 0 Å². The smallest absolute Gasteiger partial charge is 0.124 e. The highest BCUT2D eigenvalue weighted by molar-refractivity contribution is 6.31. The number of nitriles is 1. The summed E-state index contributed by atoms with van der Waals surface area (Å²) in [7, 11) is 0. The monoisotopic (exact) mass is 295 g/mol. The number of benzene rings is 2. The number of hydrogen-bond donors (Lipinski definition) is 0. The third-order valence-electron chi connectivity index (χ3n) is 3.62. The fourth-order valence-corrected chi connectivity index (χ4v) is 2.66. The molecular formula is C17H14ClN3. The number of imidazole rings is 1. The van der Waals surface area contributed by atoms with Gasteiger partial charge in [0.2, 0.25) is 0 Å². The van der Waals surface area contributed by atoms with Gasteiger partial charge in [0.25, 0.3) is 0 Å². The fourth-order valence-electron chi connectivity index (χ4n) is 2.49. The van der Waals surface area contributed by atoms with Crippen LogP contribution in [-0.2, 0) is 13.0 Å². The van der Waals surface area contributed by atoms with Crippen LogP contribution in [0.1, 0.15) is 17.0 Å². The van der Waals surface area contributed by atoms with Gasteiger partial charge < -0.3 is 4.57 Å².